The van der Waals surface area contributed by atoms with Crippen LogP contribution in [-0.2, 0) is 4.79 Å². The molecule has 4 nitrogen and oxygen atoms in total. The van der Waals surface area contributed by atoms with Crippen LogP contribution >= 0.6 is 0 Å². The fourth-order valence-electron chi connectivity index (χ4n) is 2.67. The Labute approximate surface area is 135 Å². The first-order valence-corrected chi connectivity index (χ1v) is 7.65. The van der Waals surface area contributed by atoms with Crippen LogP contribution in [0.5, 0.6) is 11.5 Å². The third kappa shape index (κ3) is 2.93. The van der Waals surface area contributed by atoms with Gasteiger partial charge < -0.3 is 14.8 Å². The predicted octanol–water partition coefficient (Wildman–Crippen LogP) is 3.35. The molecule has 2 aromatic rings. The lowest BCUT2D eigenvalue weighted by Gasteiger charge is -2.27. The average molecular weight is 309 g/mol. The molecule has 23 heavy (non-hydrogen) atoms. The summed E-state index contributed by atoms with van der Waals surface area (Å²) in [4.78, 5) is 12.8. The van der Waals surface area contributed by atoms with E-state index in [9.17, 15) is 4.79 Å². The molecule has 0 fully saturated rings. The number of hydrogen-bond acceptors (Lipinski definition) is 4. The fourth-order valence-corrected chi connectivity index (χ4v) is 2.67. The van der Waals surface area contributed by atoms with E-state index in [1.54, 1.807) is 13.2 Å². The van der Waals surface area contributed by atoms with Crippen molar-refractivity contribution in [2.45, 2.75) is 13.0 Å². The highest BCUT2D eigenvalue weighted by Gasteiger charge is 2.33. The number of ketones is 1. The van der Waals surface area contributed by atoms with Crippen molar-refractivity contribution in [2.24, 2.45) is 0 Å². The Bertz CT molecular complexity index is 738. The van der Waals surface area contributed by atoms with Crippen LogP contribution in [0, 0.1) is 0 Å². The number of rotatable bonds is 4. The smallest absolute Gasteiger partial charge is 0.210 e. The lowest BCUT2D eigenvalue weighted by atomic mass is 9.91. The second-order valence-electron chi connectivity index (χ2n) is 5.21. The Hall–Kier alpha value is -2.75. The number of nitrogens with one attached hydrogen (secondary N) is 1. The molecule has 1 aliphatic heterocycles. The van der Waals surface area contributed by atoms with Gasteiger partial charge in [0.15, 0.2) is 6.10 Å². The monoisotopic (exact) mass is 309 g/mol. The molecule has 2 aromatic carbocycles. The van der Waals surface area contributed by atoms with Gasteiger partial charge in [-0.25, -0.2) is 0 Å². The number of benzene rings is 2. The van der Waals surface area contributed by atoms with Crippen molar-refractivity contribution in [1.82, 2.24) is 5.32 Å². The quantitative estimate of drug-likeness (QED) is 0.880. The molecular weight excluding hydrogens is 290 g/mol. The Balaban J connectivity index is 2.07. The topological polar surface area (TPSA) is 47.6 Å². The van der Waals surface area contributed by atoms with E-state index >= 15 is 0 Å². The van der Waals surface area contributed by atoms with Gasteiger partial charge in [-0.15, -0.1) is 0 Å². The highest BCUT2D eigenvalue weighted by Crippen LogP contribution is 2.40. The summed E-state index contributed by atoms with van der Waals surface area (Å²) in [6, 6.07) is 15.1. The zero-order valence-electron chi connectivity index (χ0n) is 13.2. The summed E-state index contributed by atoms with van der Waals surface area (Å²) in [5, 5.41) is 2.95. The van der Waals surface area contributed by atoms with Crippen LogP contribution in [-0.4, -0.2) is 19.4 Å². The van der Waals surface area contributed by atoms with Gasteiger partial charge in [-0.3, -0.25) is 4.79 Å². The standard InChI is InChI=1S/C19H19NO3/c1-3-22-14-9-10-15-16(12-20-2)18(21)19(23-17(15)11-14)13-7-5-4-6-8-13/h4-12,19-20H,3H2,1-2H3. The molecule has 1 unspecified atom stereocenters. The van der Waals surface area contributed by atoms with Crippen LogP contribution < -0.4 is 14.8 Å². The van der Waals surface area contributed by atoms with Gasteiger partial charge in [0, 0.05) is 36.0 Å². The third-order valence-electron chi connectivity index (χ3n) is 3.69. The van der Waals surface area contributed by atoms with Gasteiger partial charge >= 0.3 is 0 Å². The van der Waals surface area contributed by atoms with E-state index in [1.807, 2.05) is 55.5 Å². The van der Waals surface area contributed by atoms with Crippen LogP contribution in [0.4, 0.5) is 0 Å². The second kappa shape index (κ2) is 6.57. The van der Waals surface area contributed by atoms with Gasteiger partial charge in [0.05, 0.1) is 6.61 Å². The molecule has 118 valence electrons. The molecule has 0 spiro atoms. The number of Topliss-reactive ketones (excluding diaryl/α,β-unsaturated/α-hetero) is 1. The van der Waals surface area contributed by atoms with E-state index in [0.29, 0.717) is 17.9 Å². The molecule has 3 rings (SSSR count). The molecule has 1 N–H and O–H groups in total. The number of ether oxygens (including phenoxy) is 2. The molecule has 1 heterocycles. The van der Waals surface area contributed by atoms with Gasteiger partial charge in [-0.1, -0.05) is 30.3 Å². The zero-order valence-corrected chi connectivity index (χ0v) is 13.2. The molecule has 0 radical (unpaired) electrons. The Morgan fingerprint density at radius 3 is 2.70 bits per heavy atom. The van der Waals surface area contributed by atoms with Gasteiger partial charge in [-0.05, 0) is 19.1 Å². The van der Waals surface area contributed by atoms with E-state index in [-0.39, 0.29) is 5.78 Å². The third-order valence-corrected chi connectivity index (χ3v) is 3.69. The minimum Gasteiger partial charge on any atom is -0.494 e. The summed E-state index contributed by atoms with van der Waals surface area (Å²) in [5.41, 5.74) is 2.23. The van der Waals surface area contributed by atoms with Gasteiger partial charge in [0.1, 0.15) is 11.5 Å². The van der Waals surface area contributed by atoms with Crippen molar-refractivity contribution in [2.75, 3.05) is 13.7 Å². The summed E-state index contributed by atoms with van der Waals surface area (Å²) in [7, 11) is 1.78. The Morgan fingerprint density at radius 2 is 2.00 bits per heavy atom. The van der Waals surface area contributed by atoms with E-state index in [0.717, 1.165) is 16.9 Å². The first-order valence-electron chi connectivity index (χ1n) is 7.65. The molecule has 0 saturated carbocycles. The fraction of sp³-hybridized carbons (Fsp3) is 0.211. The highest BCUT2D eigenvalue weighted by atomic mass is 16.5. The van der Waals surface area contributed by atoms with E-state index < -0.39 is 6.10 Å². The average Bonchev–Trinajstić information content (AvgIpc) is 2.58. The van der Waals surface area contributed by atoms with Gasteiger partial charge in [-0.2, -0.15) is 0 Å². The van der Waals surface area contributed by atoms with Crippen molar-refractivity contribution in [3.63, 3.8) is 0 Å². The molecule has 1 atom stereocenters. The maximum absolute atomic E-state index is 12.8. The second-order valence-corrected chi connectivity index (χ2v) is 5.21. The van der Waals surface area contributed by atoms with Crippen molar-refractivity contribution in [3.8, 4) is 11.5 Å². The minimum absolute atomic E-state index is 0.0535. The molecular formula is C19H19NO3. The lowest BCUT2D eigenvalue weighted by Crippen LogP contribution is -2.26. The summed E-state index contributed by atoms with van der Waals surface area (Å²) >= 11 is 0. The highest BCUT2D eigenvalue weighted by molar-refractivity contribution is 6.24. The molecule has 0 saturated heterocycles. The predicted molar refractivity (Wildman–Crippen MR) is 89.5 cm³/mol. The van der Waals surface area contributed by atoms with Crippen LogP contribution in [0.15, 0.2) is 54.7 Å². The molecule has 0 bridgehead atoms. The summed E-state index contributed by atoms with van der Waals surface area (Å²) in [6.45, 7) is 2.52. The maximum atomic E-state index is 12.8. The Kier molecular flexibility index (Phi) is 4.33. The van der Waals surface area contributed by atoms with Gasteiger partial charge in [0.25, 0.3) is 0 Å². The van der Waals surface area contributed by atoms with E-state index in [4.69, 9.17) is 9.47 Å². The molecule has 0 aromatic heterocycles. The molecule has 0 amide bonds. The lowest BCUT2D eigenvalue weighted by molar-refractivity contribution is -0.121. The largest absolute Gasteiger partial charge is 0.494 e. The van der Waals surface area contributed by atoms with Crippen molar-refractivity contribution in [1.29, 1.82) is 0 Å². The summed E-state index contributed by atoms with van der Waals surface area (Å²) in [6.07, 6.45) is 1.08. The Morgan fingerprint density at radius 1 is 1.22 bits per heavy atom. The maximum Gasteiger partial charge on any atom is 0.210 e. The van der Waals surface area contributed by atoms with Gasteiger partial charge in [0.2, 0.25) is 5.78 Å². The normalized spacial score (nSPS) is 18.3. The van der Waals surface area contributed by atoms with Crippen LogP contribution in [0.3, 0.4) is 0 Å². The SMILES string of the molecule is CCOc1ccc2c(c1)OC(c1ccccc1)C(=O)C2=CNC. The molecule has 4 heteroatoms. The van der Waals surface area contributed by atoms with Crippen LogP contribution in [0.1, 0.15) is 24.2 Å². The first kappa shape index (κ1) is 15.2. The van der Waals surface area contributed by atoms with Crippen molar-refractivity contribution in [3.05, 3.63) is 65.9 Å². The number of fused-ring (bicyclic) bond motifs is 1. The minimum atomic E-state index is -0.639. The molecule has 0 aliphatic carbocycles. The van der Waals surface area contributed by atoms with Crippen molar-refractivity contribution < 1.29 is 14.3 Å². The zero-order chi connectivity index (χ0) is 16.2. The number of carbonyl (C=O) groups excluding carboxylic acids is 1. The van der Waals surface area contributed by atoms with Crippen LogP contribution in [0.25, 0.3) is 5.57 Å². The number of carbonyl (C=O) groups is 1. The van der Waals surface area contributed by atoms with Crippen molar-refractivity contribution >= 4 is 11.4 Å². The van der Waals surface area contributed by atoms with Crippen LogP contribution in [0.2, 0.25) is 0 Å². The summed E-state index contributed by atoms with van der Waals surface area (Å²) in [5.74, 6) is 1.34. The number of hydrogen-bond donors (Lipinski definition) is 1. The summed E-state index contributed by atoms with van der Waals surface area (Å²) < 4.78 is 11.5. The first-order chi connectivity index (χ1) is 11.2. The van der Waals surface area contributed by atoms with E-state index in [2.05, 4.69) is 5.32 Å². The van der Waals surface area contributed by atoms with E-state index in [1.165, 1.54) is 0 Å². The molecule has 1 aliphatic rings.